The summed E-state index contributed by atoms with van der Waals surface area (Å²) >= 11 is 1.94. The number of amides is 3. The third kappa shape index (κ3) is 5.45. The van der Waals surface area contributed by atoms with Crippen molar-refractivity contribution >= 4 is 23.7 Å². The number of fused-ring (bicyclic) bond motifs is 1. The maximum atomic E-state index is 12.3. The Morgan fingerprint density at radius 1 is 1.14 bits per heavy atom. The van der Waals surface area contributed by atoms with Gasteiger partial charge < -0.3 is 16.0 Å². The molecule has 3 aliphatic rings. The molecule has 6 nitrogen and oxygen atoms in total. The van der Waals surface area contributed by atoms with Gasteiger partial charge in [-0.2, -0.15) is 11.8 Å². The summed E-state index contributed by atoms with van der Waals surface area (Å²) in [5, 5.41) is 9.58. The van der Waals surface area contributed by atoms with Crippen molar-refractivity contribution in [2.75, 3.05) is 18.8 Å². The number of hydrogen-bond donors (Lipinski definition) is 3. The van der Waals surface area contributed by atoms with E-state index in [9.17, 15) is 9.59 Å². The van der Waals surface area contributed by atoms with Crippen LogP contribution in [0.2, 0.25) is 0 Å². The zero-order valence-electron chi connectivity index (χ0n) is 17.0. The normalized spacial score (nSPS) is 26.2. The van der Waals surface area contributed by atoms with Gasteiger partial charge in [0.15, 0.2) is 0 Å². The molecule has 7 heteroatoms. The molecule has 3 fully saturated rings. The van der Waals surface area contributed by atoms with Crippen molar-refractivity contribution in [2.24, 2.45) is 0 Å². The molecule has 1 aromatic rings. The van der Waals surface area contributed by atoms with Crippen molar-refractivity contribution in [3.8, 4) is 0 Å². The summed E-state index contributed by atoms with van der Waals surface area (Å²) in [6.45, 7) is 3.96. The minimum Gasteiger partial charge on any atom is -0.352 e. The van der Waals surface area contributed by atoms with Crippen LogP contribution in [-0.2, 0) is 17.9 Å². The van der Waals surface area contributed by atoms with Gasteiger partial charge in [0.05, 0.1) is 12.1 Å². The fourth-order valence-corrected chi connectivity index (χ4v) is 6.17. The number of thioether (sulfide) groups is 1. The van der Waals surface area contributed by atoms with E-state index in [4.69, 9.17) is 0 Å². The number of unbranched alkanes of at least 4 members (excludes halogenated alkanes) is 1. The number of hydrogen-bond acceptors (Lipinski definition) is 4. The lowest BCUT2D eigenvalue weighted by Gasteiger charge is -2.18. The molecule has 0 bridgehead atoms. The molecule has 0 aliphatic carbocycles. The van der Waals surface area contributed by atoms with Crippen LogP contribution in [0, 0.1) is 0 Å². The SMILES string of the molecule is O=C(CCCC[C@@H]1SC[C@@H]2NC(=O)N[C@@H]21)NCc1ccccc1CN1CCCC1. The number of nitrogens with zero attached hydrogens (tertiary/aromatic N) is 1. The monoisotopic (exact) mass is 416 g/mol. The molecule has 0 aromatic heterocycles. The van der Waals surface area contributed by atoms with Crippen LogP contribution in [-0.4, -0.2) is 53.0 Å². The molecule has 3 amide bonds. The zero-order chi connectivity index (χ0) is 20.1. The Balaban J connectivity index is 1.15. The highest BCUT2D eigenvalue weighted by Crippen LogP contribution is 2.33. The number of urea groups is 1. The summed E-state index contributed by atoms with van der Waals surface area (Å²) in [6, 6.07) is 8.96. The first-order valence-electron chi connectivity index (χ1n) is 10.9. The molecule has 3 N–H and O–H groups in total. The van der Waals surface area contributed by atoms with Crippen LogP contribution in [0.5, 0.6) is 0 Å². The van der Waals surface area contributed by atoms with Crippen molar-refractivity contribution in [1.82, 2.24) is 20.9 Å². The number of rotatable bonds is 9. The van der Waals surface area contributed by atoms with Gasteiger partial charge in [0, 0.05) is 30.5 Å². The summed E-state index contributed by atoms with van der Waals surface area (Å²) in [5.74, 6) is 1.12. The smallest absolute Gasteiger partial charge is 0.315 e. The van der Waals surface area contributed by atoms with Crippen molar-refractivity contribution in [1.29, 1.82) is 0 Å². The van der Waals surface area contributed by atoms with Crippen molar-refractivity contribution in [3.05, 3.63) is 35.4 Å². The predicted octanol–water partition coefficient (Wildman–Crippen LogP) is 2.62. The first kappa shape index (κ1) is 20.5. The van der Waals surface area contributed by atoms with Gasteiger partial charge in [-0.3, -0.25) is 9.69 Å². The van der Waals surface area contributed by atoms with E-state index in [1.807, 2.05) is 11.8 Å². The van der Waals surface area contributed by atoms with Crippen LogP contribution in [0.3, 0.4) is 0 Å². The highest BCUT2D eigenvalue weighted by atomic mass is 32.2. The van der Waals surface area contributed by atoms with Crippen LogP contribution < -0.4 is 16.0 Å². The Bertz CT molecular complexity index is 723. The van der Waals surface area contributed by atoms with E-state index >= 15 is 0 Å². The summed E-state index contributed by atoms with van der Waals surface area (Å²) < 4.78 is 0. The third-order valence-corrected chi connectivity index (χ3v) is 7.78. The molecule has 3 atom stereocenters. The van der Waals surface area contributed by atoms with Crippen molar-refractivity contribution < 1.29 is 9.59 Å². The minimum atomic E-state index is -0.0327. The van der Waals surface area contributed by atoms with E-state index in [1.165, 1.54) is 37.1 Å². The quantitative estimate of drug-likeness (QED) is 0.427. The lowest BCUT2D eigenvalue weighted by atomic mass is 10.0. The molecule has 0 unspecified atom stereocenters. The average Bonchev–Trinajstić information content (AvgIpc) is 3.43. The summed E-state index contributed by atoms with van der Waals surface area (Å²) in [6.07, 6.45) is 6.14. The van der Waals surface area contributed by atoms with Gasteiger partial charge >= 0.3 is 6.03 Å². The number of likely N-dealkylation sites (tertiary alicyclic amines) is 1. The van der Waals surface area contributed by atoms with Gasteiger partial charge in [0.25, 0.3) is 0 Å². The first-order chi connectivity index (χ1) is 14.2. The zero-order valence-corrected chi connectivity index (χ0v) is 17.8. The van der Waals surface area contributed by atoms with E-state index < -0.39 is 0 Å². The molecular weight excluding hydrogens is 384 g/mol. The Labute approximate surface area is 177 Å². The first-order valence-corrected chi connectivity index (χ1v) is 12.0. The Kier molecular flexibility index (Phi) is 6.98. The van der Waals surface area contributed by atoms with Crippen LogP contribution in [0.1, 0.15) is 49.7 Å². The second-order valence-corrected chi connectivity index (χ2v) is 9.67. The predicted molar refractivity (Wildman–Crippen MR) is 117 cm³/mol. The van der Waals surface area contributed by atoms with Crippen molar-refractivity contribution in [3.63, 3.8) is 0 Å². The molecule has 1 aromatic carbocycles. The number of carbonyl (C=O) groups excluding carboxylic acids is 2. The highest BCUT2D eigenvalue weighted by Gasteiger charge is 2.42. The lowest BCUT2D eigenvalue weighted by Crippen LogP contribution is -2.36. The second kappa shape index (κ2) is 9.85. The van der Waals surface area contributed by atoms with E-state index in [-0.39, 0.29) is 24.0 Å². The van der Waals surface area contributed by atoms with Gasteiger partial charge in [-0.15, -0.1) is 0 Å². The molecule has 4 rings (SSSR count). The van der Waals surface area contributed by atoms with Crippen LogP contribution in [0.25, 0.3) is 0 Å². The fourth-order valence-electron chi connectivity index (χ4n) is 4.62. The maximum absolute atomic E-state index is 12.3. The van der Waals surface area contributed by atoms with Crippen LogP contribution in [0.4, 0.5) is 4.79 Å². The standard InChI is InChI=1S/C22H32N4O2S/c27-20(10-4-3-9-19-21-18(15-29-19)24-22(28)25-21)23-13-16-7-1-2-8-17(16)14-26-11-5-6-12-26/h1-2,7-8,18-19,21H,3-6,9-15H2,(H,23,27)(H2,24,25,28)/t18-,19-,21-/m0/s1. The highest BCUT2D eigenvalue weighted by molar-refractivity contribution is 8.00. The maximum Gasteiger partial charge on any atom is 0.315 e. The lowest BCUT2D eigenvalue weighted by molar-refractivity contribution is -0.121. The number of benzene rings is 1. The van der Waals surface area contributed by atoms with Gasteiger partial charge in [-0.05, 0) is 49.9 Å². The molecule has 0 radical (unpaired) electrons. The van der Waals surface area contributed by atoms with E-state index in [0.29, 0.717) is 18.2 Å². The molecule has 3 aliphatic heterocycles. The van der Waals surface area contributed by atoms with E-state index in [1.54, 1.807) is 0 Å². The Morgan fingerprint density at radius 2 is 1.93 bits per heavy atom. The third-order valence-electron chi connectivity index (χ3n) is 6.27. The molecule has 29 heavy (non-hydrogen) atoms. The molecule has 0 saturated carbocycles. The van der Waals surface area contributed by atoms with Gasteiger partial charge in [-0.1, -0.05) is 30.7 Å². The minimum absolute atomic E-state index is 0.0327. The van der Waals surface area contributed by atoms with Gasteiger partial charge in [0.1, 0.15) is 0 Å². The number of nitrogens with one attached hydrogen (secondary N) is 3. The van der Waals surface area contributed by atoms with E-state index in [0.717, 1.165) is 31.6 Å². The number of carbonyl (C=O) groups is 2. The average molecular weight is 417 g/mol. The summed E-state index contributed by atoms with van der Waals surface area (Å²) in [4.78, 5) is 26.2. The van der Waals surface area contributed by atoms with Crippen LogP contribution in [0.15, 0.2) is 24.3 Å². The molecule has 3 heterocycles. The van der Waals surface area contributed by atoms with Crippen LogP contribution >= 0.6 is 11.8 Å². The second-order valence-electron chi connectivity index (χ2n) is 8.40. The summed E-state index contributed by atoms with van der Waals surface area (Å²) in [7, 11) is 0. The van der Waals surface area contributed by atoms with E-state index in [2.05, 4.69) is 45.1 Å². The topological polar surface area (TPSA) is 73.5 Å². The molecule has 158 valence electrons. The van der Waals surface area contributed by atoms with Gasteiger partial charge in [0.2, 0.25) is 5.91 Å². The molecule has 0 spiro atoms. The Morgan fingerprint density at radius 3 is 2.76 bits per heavy atom. The summed E-state index contributed by atoms with van der Waals surface area (Å²) in [5.41, 5.74) is 2.56. The Hall–Kier alpha value is -1.73. The largest absolute Gasteiger partial charge is 0.352 e. The fraction of sp³-hybridized carbons (Fsp3) is 0.636. The molecule has 3 saturated heterocycles. The molecular formula is C22H32N4O2S. The van der Waals surface area contributed by atoms with Gasteiger partial charge in [-0.25, -0.2) is 4.79 Å². The van der Waals surface area contributed by atoms with Crippen molar-refractivity contribution in [2.45, 2.75) is 68.9 Å².